The molecule has 0 aliphatic rings. The van der Waals surface area contributed by atoms with E-state index < -0.39 is 0 Å². The number of carbonyl (C=O) groups excluding carboxylic acids is 1. The van der Waals surface area contributed by atoms with Crippen LogP contribution in [0.3, 0.4) is 0 Å². The number of hydrogen-bond acceptors (Lipinski definition) is 4. The van der Waals surface area contributed by atoms with Gasteiger partial charge in [0, 0.05) is 6.54 Å². The van der Waals surface area contributed by atoms with Crippen molar-refractivity contribution in [3.05, 3.63) is 34.9 Å². The number of hydrogen-bond donors (Lipinski definition) is 1. The second-order valence-electron chi connectivity index (χ2n) is 5.09. The maximum absolute atomic E-state index is 12.2. The molecule has 1 N–H and O–H groups in total. The molecule has 0 bridgehead atoms. The lowest BCUT2D eigenvalue weighted by molar-refractivity contribution is 0.0960. The van der Waals surface area contributed by atoms with Crippen molar-refractivity contribution in [2.75, 3.05) is 27.2 Å². The van der Waals surface area contributed by atoms with Gasteiger partial charge in [0.25, 0.3) is 11.9 Å². The molecule has 0 aromatic heterocycles. The third-order valence-corrected chi connectivity index (χ3v) is 2.82. The number of ether oxygens (including phenoxy) is 1. The third kappa shape index (κ3) is 6.60. The number of likely N-dealkylation sites (N-methyl/N-ethyl adjacent to an activating group) is 1. The van der Waals surface area contributed by atoms with Crippen LogP contribution in [-0.2, 0) is 4.74 Å². The quantitative estimate of drug-likeness (QED) is 0.671. The number of halogens is 1. The Kier molecular flexibility index (Phi) is 7.19. The monoisotopic (exact) mass is 311 g/mol. The molecule has 1 rings (SSSR count). The van der Waals surface area contributed by atoms with E-state index >= 15 is 0 Å². The van der Waals surface area contributed by atoms with E-state index in [1.807, 2.05) is 32.8 Å². The number of amidine groups is 1. The molecule has 116 valence electrons. The van der Waals surface area contributed by atoms with E-state index in [0.29, 0.717) is 17.1 Å². The van der Waals surface area contributed by atoms with E-state index in [1.165, 1.54) is 0 Å². The molecule has 21 heavy (non-hydrogen) atoms. The average Bonchev–Trinajstić information content (AvgIpc) is 2.37. The van der Waals surface area contributed by atoms with Crippen molar-refractivity contribution in [1.82, 2.24) is 10.2 Å². The molecule has 1 amide bonds. The Morgan fingerprint density at radius 3 is 2.62 bits per heavy atom. The molecule has 0 saturated heterocycles. The summed E-state index contributed by atoms with van der Waals surface area (Å²) in [6, 6.07) is 7.08. The van der Waals surface area contributed by atoms with Gasteiger partial charge in [-0.2, -0.15) is 0 Å². The molecule has 0 atom stereocenters. The van der Waals surface area contributed by atoms with Crippen LogP contribution in [0.2, 0.25) is 5.02 Å². The predicted octanol–water partition coefficient (Wildman–Crippen LogP) is 2.41. The van der Waals surface area contributed by atoms with Crippen LogP contribution < -0.4 is 5.32 Å². The van der Waals surface area contributed by atoms with Crippen molar-refractivity contribution < 1.29 is 9.53 Å². The van der Waals surface area contributed by atoms with Crippen molar-refractivity contribution >= 4 is 23.5 Å². The van der Waals surface area contributed by atoms with Gasteiger partial charge < -0.3 is 9.64 Å². The molecule has 0 fully saturated rings. The molecule has 0 spiro atoms. The lowest BCUT2D eigenvalue weighted by atomic mass is 10.2. The van der Waals surface area contributed by atoms with Gasteiger partial charge in [-0.3, -0.25) is 10.1 Å². The highest BCUT2D eigenvalue weighted by Gasteiger charge is 2.13. The Morgan fingerprint density at radius 1 is 1.38 bits per heavy atom. The first-order valence-corrected chi connectivity index (χ1v) is 7.19. The van der Waals surface area contributed by atoms with Crippen molar-refractivity contribution in [2.24, 2.45) is 4.99 Å². The fourth-order valence-corrected chi connectivity index (χ4v) is 1.71. The second-order valence-corrected chi connectivity index (χ2v) is 5.50. The minimum atomic E-state index is -0.329. The van der Waals surface area contributed by atoms with Gasteiger partial charge in [-0.1, -0.05) is 23.7 Å². The third-order valence-electron chi connectivity index (χ3n) is 2.49. The van der Waals surface area contributed by atoms with E-state index in [2.05, 4.69) is 10.3 Å². The van der Waals surface area contributed by atoms with Crippen molar-refractivity contribution in [2.45, 2.75) is 20.0 Å². The van der Waals surface area contributed by atoms with E-state index in [-0.39, 0.29) is 18.0 Å². The van der Waals surface area contributed by atoms with Gasteiger partial charge in [-0.15, -0.1) is 0 Å². The van der Waals surface area contributed by atoms with Crippen LogP contribution >= 0.6 is 11.6 Å². The molecule has 0 heterocycles. The Balaban J connectivity index is 2.76. The van der Waals surface area contributed by atoms with E-state index in [9.17, 15) is 4.79 Å². The van der Waals surface area contributed by atoms with Gasteiger partial charge >= 0.3 is 0 Å². The van der Waals surface area contributed by atoms with Crippen molar-refractivity contribution in [1.29, 1.82) is 0 Å². The summed E-state index contributed by atoms with van der Waals surface area (Å²) in [5.41, 5.74) is 0.395. The Hall–Kier alpha value is -1.59. The van der Waals surface area contributed by atoms with Crippen LogP contribution in [0.5, 0.6) is 0 Å². The summed E-state index contributed by atoms with van der Waals surface area (Å²) < 4.78 is 5.52. The fraction of sp³-hybridized carbons (Fsp3) is 0.467. The molecule has 0 saturated carbocycles. The van der Waals surface area contributed by atoms with Gasteiger partial charge in [-0.05, 0) is 40.1 Å². The van der Waals surface area contributed by atoms with Crippen LogP contribution in [-0.4, -0.2) is 50.1 Å². The summed E-state index contributed by atoms with van der Waals surface area (Å²) in [7, 11) is 3.92. The lowest BCUT2D eigenvalue weighted by Gasteiger charge is -2.14. The number of carbonyl (C=O) groups is 1. The van der Waals surface area contributed by atoms with E-state index in [4.69, 9.17) is 16.3 Å². The minimum absolute atomic E-state index is 0.0744. The highest BCUT2D eigenvalue weighted by Crippen LogP contribution is 2.14. The summed E-state index contributed by atoms with van der Waals surface area (Å²) in [5.74, 6) is -0.329. The largest absolute Gasteiger partial charge is 0.462 e. The maximum atomic E-state index is 12.2. The number of nitrogens with one attached hydrogen (secondary N) is 1. The normalized spacial score (nSPS) is 11.9. The topological polar surface area (TPSA) is 53.9 Å². The van der Waals surface area contributed by atoms with E-state index in [1.54, 1.807) is 24.3 Å². The lowest BCUT2D eigenvalue weighted by Crippen LogP contribution is -2.35. The minimum Gasteiger partial charge on any atom is -0.462 e. The Morgan fingerprint density at radius 2 is 2.05 bits per heavy atom. The zero-order chi connectivity index (χ0) is 15.8. The SMILES string of the molecule is CC(C)OC(=NCCN(C)C)NC(=O)c1ccccc1Cl. The number of nitrogens with zero attached hydrogens (tertiary/aromatic N) is 2. The van der Waals surface area contributed by atoms with Gasteiger partial charge in [0.2, 0.25) is 0 Å². The summed E-state index contributed by atoms with van der Waals surface area (Å²) in [4.78, 5) is 18.5. The first-order chi connectivity index (χ1) is 9.90. The van der Waals surface area contributed by atoms with Crippen LogP contribution in [0.25, 0.3) is 0 Å². The van der Waals surface area contributed by atoms with Gasteiger partial charge in [-0.25, -0.2) is 4.99 Å². The maximum Gasteiger partial charge on any atom is 0.291 e. The standard InChI is InChI=1S/C15H22ClN3O2/c1-11(2)21-15(17-9-10-19(3)4)18-14(20)12-7-5-6-8-13(12)16/h5-8,11H,9-10H2,1-4H3,(H,17,18,20). The summed E-state index contributed by atoms with van der Waals surface area (Å²) in [6.45, 7) is 5.07. The van der Waals surface area contributed by atoms with Gasteiger partial charge in [0.1, 0.15) is 0 Å². The summed E-state index contributed by atoms with van der Waals surface area (Å²) >= 11 is 6.01. The smallest absolute Gasteiger partial charge is 0.291 e. The van der Waals surface area contributed by atoms with Crippen LogP contribution in [0.15, 0.2) is 29.3 Å². The number of amides is 1. The van der Waals surface area contributed by atoms with Crippen LogP contribution in [0.4, 0.5) is 0 Å². The molecule has 1 aromatic carbocycles. The number of rotatable bonds is 5. The number of benzene rings is 1. The molecule has 6 heteroatoms. The van der Waals surface area contributed by atoms with Crippen LogP contribution in [0, 0.1) is 0 Å². The molecule has 0 unspecified atom stereocenters. The molecule has 0 aliphatic carbocycles. The zero-order valence-electron chi connectivity index (χ0n) is 12.9. The molecule has 0 radical (unpaired) electrons. The Labute approximate surface area is 130 Å². The first kappa shape index (κ1) is 17.5. The molecule has 5 nitrogen and oxygen atoms in total. The second kappa shape index (κ2) is 8.64. The zero-order valence-corrected chi connectivity index (χ0v) is 13.6. The highest BCUT2D eigenvalue weighted by atomic mass is 35.5. The van der Waals surface area contributed by atoms with Gasteiger partial charge in [0.05, 0.1) is 23.2 Å². The predicted molar refractivity (Wildman–Crippen MR) is 86.0 cm³/mol. The molecule has 0 aliphatic heterocycles. The Bertz CT molecular complexity index is 501. The molecular weight excluding hydrogens is 290 g/mol. The summed E-state index contributed by atoms with van der Waals surface area (Å²) in [6.07, 6.45) is -0.0744. The average molecular weight is 312 g/mol. The highest BCUT2D eigenvalue weighted by molar-refractivity contribution is 6.34. The van der Waals surface area contributed by atoms with Crippen LogP contribution in [0.1, 0.15) is 24.2 Å². The van der Waals surface area contributed by atoms with Crippen molar-refractivity contribution in [3.63, 3.8) is 0 Å². The van der Waals surface area contributed by atoms with E-state index in [0.717, 1.165) is 6.54 Å². The first-order valence-electron chi connectivity index (χ1n) is 6.82. The fourth-order valence-electron chi connectivity index (χ4n) is 1.49. The number of aliphatic imine (C=N–C) groups is 1. The molecule has 1 aromatic rings. The van der Waals surface area contributed by atoms with Gasteiger partial charge in [0.15, 0.2) is 0 Å². The summed E-state index contributed by atoms with van der Waals surface area (Å²) in [5, 5.41) is 3.06. The van der Waals surface area contributed by atoms with Crippen molar-refractivity contribution in [3.8, 4) is 0 Å². The molecular formula is C15H22ClN3O2.